The van der Waals surface area contributed by atoms with Gasteiger partial charge in [0, 0.05) is 3.57 Å². The molecule has 0 unspecified atom stereocenters. The van der Waals surface area contributed by atoms with Crippen LogP contribution >= 0.6 is 22.6 Å². The summed E-state index contributed by atoms with van der Waals surface area (Å²) in [6.07, 6.45) is 1.13. The Kier molecular flexibility index (Phi) is 5.72. The van der Waals surface area contributed by atoms with Gasteiger partial charge in [0.05, 0.1) is 6.54 Å². The summed E-state index contributed by atoms with van der Waals surface area (Å²) in [6, 6.07) is 12.0. The van der Waals surface area contributed by atoms with Gasteiger partial charge in [-0.3, -0.25) is 0 Å². The number of nitrogens with one attached hydrogen (secondary N) is 1. The second-order valence-electron chi connectivity index (χ2n) is 4.29. The molecule has 0 saturated carbocycles. The Morgan fingerprint density at radius 2 is 2.05 bits per heavy atom. The van der Waals surface area contributed by atoms with E-state index in [-0.39, 0.29) is 0 Å². The first-order valence-electron chi connectivity index (χ1n) is 6.44. The molecule has 3 nitrogen and oxygen atoms in total. The van der Waals surface area contributed by atoms with Crippen LogP contribution in [0.5, 0.6) is 5.75 Å². The number of ether oxygens (including phenoxy) is 1. The van der Waals surface area contributed by atoms with Gasteiger partial charge in [0.25, 0.3) is 0 Å². The fourth-order valence-corrected chi connectivity index (χ4v) is 2.21. The first-order chi connectivity index (χ1) is 9.28. The molecule has 4 heteroatoms. The number of halogens is 1. The fraction of sp³-hybridized carbons (Fsp3) is 0.333. The number of hydrogen-bond donors (Lipinski definition) is 1. The van der Waals surface area contributed by atoms with Crippen molar-refractivity contribution in [3.05, 3.63) is 51.5 Å². The van der Waals surface area contributed by atoms with Crippen LogP contribution in [0.3, 0.4) is 0 Å². The highest BCUT2D eigenvalue weighted by Crippen LogP contribution is 2.17. The fourth-order valence-electron chi connectivity index (χ4n) is 1.69. The van der Waals surface area contributed by atoms with Gasteiger partial charge < -0.3 is 14.5 Å². The molecule has 1 aromatic heterocycles. The maximum absolute atomic E-state index is 5.69. The topological polar surface area (TPSA) is 34.4 Å². The molecule has 0 aliphatic heterocycles. The van der Waals surface area contributed by atoms with Crippen molar-refractivity contribution in [3.63, 3.8) is 0 Å². The summed E-state index contributed by atoms with van der Waals surface area (Å²) in [4.78, 5) is 0. The molecule has 1 aromatic carbocycles. The van der Waals surface area contributed by atoms with Crippen LogP contribution in [0.25, 0.3) is 0 Å². The van der Waals surface area contributed by atoms with Crippen molar-refractivity contribution in [2.45, 2.75) is 26.5 Å². The highest BCUT2D eigenvalue weighted by Gasteiger charge is 2.03. The number of rotatable bonds is 7. The van der Waals surface area contributed by atoms with Gasteiger partial charge in [-0.2, -0.15) is 0 Å². The summed E-state index contributed by atoms with van der Waals surface area (Å²) in [5, 5.41) is 3.31. The van der Waals surface area contributed by atoms with Crippen LogP contribution in [0.2, 0.25) is 0 Å². The van der Waals surface area contributed by atoms with E-state index in [4.69, 9.17) is 9.15 Å². The summed E-state index contributed by atoms with van der Waals surface area (Å²) < 4.78 is 12.6. The van der Waals surface area contributed by atoms with Gasteiger partial charge in [-0.15, -0.1) is 0 Å². The smallest absolute Gasteiger partial charge is 0.146 e. The second kappa shape index (κ2) is 7.55. The van der Waals surface area contributed by atoms with Gasteiger partial charge in [0.2, 0.25) is 0 Å². The largest absolute Gasteiger partial charge is 0.486 e. The van der Waals surface area contributed by atoms with Crippen molar-refractivity contribution in [1.29, 1.82) is 0 Å². The molecule has 0 aliphatic carbocycles. The van der Waals surface area contributed by atoms with Crippen molar-refractivity contribution in [3.8, 4) is 5.75 Å². The molecule has 102 valence electrons. The summed E-state index contributed by atoms with van der Waals surface area (Å²) in [5.74, 6) is 2.68. The van der Waals surface area contributed by atoms with Crippen LogP contribution in [-0.4, -0.2) is 6.54 Å². The van der Waals surface area contributed by atoms with Crippen LogP contribution in [-0.2, 0) is 13.2 Å². The molecular formula is C15H18INO2. The van der Waals surface area contributed by atoms with Gasteiger partial charge in [-0.25, -0.2) is 0 Å². The molecule has 0 amide bonds. The lowest BCUT2D eigenvalue weighted by Gasteiger charge is -2.04. The molecule has 0 spiro atoms. The average molecular weight is 371 g/mol. The van der Waals surface area contributed by atoms with Gasteiger partial charge in [0.1, 0.15) is 23.9 Å². The maximum Gasteiger partial charge on any atom is 0.146 e. The molecule has 0 fully saturated rings. The zero-order chi connectivity index (χ0) is 13.5. The predicted octanol–water partition coefficient (Wildman–Crippen LogP) is 3.96. The Balaban J connectivity index is 1.83. The van der Waals surface area contributed by atoms with E-state index in [9.17, 15) is 0 Å². The molecule has 2 rings (SSSR count). The Bertz CT molecular complexity index is 510. The number of furan rings is 1. The minimum absolute atomic E-state index is 0.466. The monoisotopic (exact) mass is 371 g/mol. The lowest BCUT2D eigenvalue weighted by molar-refractivity contribution is 0.265. The minimum atomic E-state index is 0.466. The van der Waals surface area contributed by atoms with Gasteiger partial charge >= 0.3 is 0 Å². The van der Waals surface area contributed by atoms with Crippen molar-refractivity contribution in [2.24, 2.45) is 0 Å². The lowest BCUT2D eigenvalue weighted by Crippen LogP contribution is -2.13. The first-order valence-corrected chi connectivity index (χ1v) is 7.52. The third-order valence-corrected chi connectivity index (χ3v) is 3.29. The van der Waals surface area contributed by atoms with Crippen LogP contribution in [0.1, 0.15) is 24.9 Å². The van der Waals surface area contributed by atoms with E-state index in [1.807, 2.05) is 36.4 Å². The third-order valence-electron chi connectivity index (χ3n) is 2.62. The van der Waals surface area contributed by atoms with Crippen LogP contribution in [0.4, 0.5) is 0 Å². The molecule has 1 heterocycles. The molecule has 1 N–H and O–H groups in total. The van der Waals surface area contributed by atoms with E-state index >= 15 is 0 Å². The normalized spacial score (nSPS) is 10.6. The third kappa shape index (κ3) is 4.87. The highest BCUT2D eigenvalue weighted by atomic mass is 127. The van der Waals surface area contributed by atoms with E-state index < -0.39 is 0 Å². The Morgan fingerprint density at radius 1 is 1.21 bits per heavy atom. The van der Waals surface area contributed by atoms with Gasteiger partial charge in [-0.1, -0.05) is 13.0 Å². The Morgan fingerprint density at radius 3 is 2.84 bits per heavy atom. The molecule has 19 heavy (non-hydrogen) atoms. The zero-order valence-corrected chi connectivity index (χ0v) is 13.1. The SMILES string of the molecule is CCCNCc1ccc(COc2cccc(I)c2)o1. The summed E-state index contributed by atoms with van der Waals surface area (Å²) in [6.45, 7) is 4.40. The summed E-state index contributed by atoms with van der Waals surface area (Å²) >= 11 is 2.27. The maximum atomic E-state index is 5.69. The standard InChI is InChI=1S/C15H18INO2/c1-2-8-17-10-14-6-7-15(19-14)11-18-13-5-3-4-12(16)9-13/h3-7,9,17H,2,8,10-11H2,1H3. The molecule has 0 radical (unpaired) electrons. The zero-order valence-electron chi connectivity index (χ0n) is 11.0. The van der Waals surface area contributed by atoms with Crippen molar-refractivity contribution < 1.29 is 9.15 Å². The van der Waals surface area contributed by atoms with E-state index in [0.717, 1.165) is 36.8 Å². The quantitative estimate of drug-likeness (QED) is 0.591. The van der Waals surface area contributed by atoms with Crippen LogP contribution < -0.4 is 10.1 Å². The Labute approximate surface area is 127 Å². The van der Waals surface area contributed by atoms with Crippen molar-refractivity contribution in [2.75, 3.05) is 6.54 Å². The minimum Gasteiger partial charge on any atom is -0.486 e. The second-order valence-corrected chi connectivity index (χ2v) is 5.54. The lowest BCUT2D eigenvalue weighted by atomic mass is 10.3. The summed E-state index contributed by atoms with van der Waals surface area (Å²) in [5.41, 5.74) is 0. The first kappa shape index (κ1) is 14.4. The van der Waals surface area contributed by atoms with Gasteiger partial charge in [-0.05, 0) is 65.9 Å². The summed E-state index contributed by atoms with van der Waals surface area (Å²) in [7, 11) is 0. The molecule has 0 atom stereocenters. The van der Waals surface area contributed by atoms with Crippen LogP contribution in [0, 0.1) is 3.57 Å². The van der Waals surface area contributed by atoms with E-state index in [1.54, 1.807) is 0 Å². The average Bonchev–Trinajstić information content (AvgIpc) is 2.85. The van der Waals surface area contributed by atoms with Crippen molar-refractivity contribution >= 4 is 22.6 Å². The molecule has 0 aliphatic rings. The molecular weight excluding hydrogens is 353 g/mol. The Hall–Kier alpha value is -1.01. The molecule has 2 aromatic rings. The predicted molar refractivity (Wildman–Crippen MR) is 84.2 cm³/mol. The van der Waals surface area contributed by atoms with E-state index in [0.29, 0.717) is 6.61 Å². The van der Waals surface area contributed by atoms with E-state index in [1.165, 1.54) is 3.57 Å². The number of hydrogen-bond acceptors (Lipinski definition) is 3. The van der Waals surface area contributed by atoms with Gasteiger partial charge in [0.15, 0.2) is 0 Å². The molecule has 0 bridgehead atoms. The molecule has 0 saturated heterocycles. The highest BCUT2D eigenvalue weighted by molar-refractivity contribution is 14.1. The van der Waals surface area contributed by atoms with Crippen LogP contribution in [0.15, 0.2) is 40.8 Å². The van der Waals surface area contributed by atoms with E-state index in [2.05, 4.69) is 34.8 Å². The number of benzene rings is 1. The van der Waals surface area contributed by atoms with Crippen molar-refractivity contribution in [1.82, 2.24) is 5.32 Å².